The highest BCUT2D eigenvalue weighted by molar-refractivity contribution is 5.48. The molecule has 2 heterocycles. The van der Waals surface area contributed by atoms with E-state index < -0.39 is 11.7 Å². The van der Waals surface area contributed by atoms with Crippen molar-refractivity contribution in [1.29, 1.82) is 0 Å². The molecule has 0 radical (unpaired) electrons. The molecule has 1 saturated heterocycles. The predicted molar refractivity (Wildman–Crippen MR) is 76.5 cm³/mol. The average molecular weight is 319 g/mol. The highest BCUT2D eigenvalue weighted by Crippen LogP contribution is 2.28. The Hall–Kier alpha value is -1.90. The second-order valence-electron chi connectivity index (χ2n) is 4.61. The van der Waals surface area contributed by atoms with E-state index in [-0.39, 0.29) is 5.95 Å². The molecule has 1 fully saturated rings. The number of rotatable bonds is 3. The number of alkyl halides is 3. The number of hydrogen-bond acceptors (Lipinski definition) is 5. The Bertz CT molecular complexity index is 442. The third kappa shape index (κ3) is 5.47. The Kier molecular flexibility index (Phi) is 7.03. The number of amides is 1. The average Bonchev–Trinajstić information content (AvgIpc) is 2.54. The summed E-state index contributed by atoms with van der Waals surface area (Å²) in [7, 11) is 1.93. The number of halogens is 3. The van der Waals surface area contributed by atoms with Crippen molar-refractivity contribution in [2.45, 2.75) is 13.1 Å². The molecule has 0 bridgehead atoms. The maximum atomic E-state index is 12.3. The van der Waals surface area contributed by atoms with Crippen molar-refractivity contribution in [1.82, 2.24) is 20.2 Å². The summed E-state index contributed by atoms with van der Waals surface area (Å²) in [6.45, 7) is 5.22. The molecule has 1 aliphatic heterocycles. The van der Waals surface area contributed by atoms with E-state index in [2.05, 4.69) is 22.2 Å². The second-order valence-corrected chi connectivity index (χ2v) is 4.61. The van der Waals surface area contributed by atoms with E-state index in [1.54, 1.807) is 9.80 Å². The lowest BCUT2D eigenvalue weighted by atomic mass is 10.3. The topological polar surface area (TPSA) is 61.4 Å². The third-order valence-electron chi connectivity index (χ3n) is 3.07. The molecule has 6 nitrogen and oxygen atoms in total. The van der Waals surface area contributed by atoms with Gasteiger partial charge in [-0.05, 0) is 13.6 Å². The van der Waals surface area contributed by atoms with Crippen LogP contribution in [0.15, 0.2) is 12.4 Å². The fraction of sp³-hybridized carbons (Fsp3) is 0.615. The Morgan fingerprint density at radius 3 is 2.09 bits per heavy atom. The summed E-state index contributed by atoms with van der Waals surface area (Å²) >= 11 is 0. The number of hydrogen-bond donors (Lipinski definition) is 1. The molecule has 22 heavy (non-hydrogen) atoms. The van der Waals surface area contributed by atoms with Crippen LogP contribution in [0.25, 0.3) is 0 Å². The molecule has 1 aromatic heterocycles. The molecule has 1 aliphatic rings. The van der Waals surface area contributed by atoms with Gasteiger partial charge in [0, 0.05) is 38.6 Å². The molecule has 0 aromatic carbocycles. The van der Waals surface area contributed by atoms with Crippen molar-refractivity contribution in [3.05, 3.63) is 18.0 Å². The van der Waals surface area contributed by atoms with Gasteiger partial charge in [0.1, 0.15) is 0 Å². The minimum absolute atomic E-state index is 0.258. The van der Waals surface area contributed by atoms with Crippen LogP contribution in [-0.2, 0) is 11.0 Å². The third-order valence-corrected chi connectivity index (χ3v) is 3.07. The minimum atomic E-state index is -4.42. The van der Waals surface area contributed by atoms with E-state index in [9.17, 15) is 18.0 Å². The molecule has 1 amide bonds. The van der Waals surface area contributed by atoms with Gasteiger partial charge in [-0.3, -0.25) is 4.79 Å². The molecule has 9 heteroatoms. The van der Waals surface area contributed by atoms with Crippen LogP contribution in [-0.4, -0.2) is 61.0 Å². The number of nitrogens with one attached hydrogen (secondary N) is 1. The van der Waals surface area contributed by atoms with Crippen LogP contribution in [0.4, 0.5) is 19.1 Å². The van der Waals surface area contributed by atoms with Crippen LogP contribution < -0.4 is 10.2 Å². The lowest BCUT2D eigenvalue weighted by molar-refractivity contribution is -0.138. The summed E-state index contributed by atoms with van der Waals surface area (Å²) in [4.78, 5) is 21.3. The fourth-order valence-electron chi connectivity index (χ4n) is 1.66. The zero-order chi connectivity index (χ0) is 16.6. The van der Waals surface area contributed by atoms with Gasteiger partial charge in [0.2, 0.25) is 12.4 Å². The summed E-state index contributed by atoms with van der Waals surface area (Å²) in [6.07, 6.45) is -2.12. The first-order chi connectivity index (χ1) is 10.4. The number of nitrogens with zero attached hydrogens (tertiary/aromatic N) is 4. The highest BCUT2D eigenvalue weighted by Gasteiger charge is 2.31. The Morgan fingerprint density at radius 1 is 1.23 bits per heavy atom. The largest absolute Gasteiger partial charge is 0.419 e. The van der Waals surface area contributed by atoms with Gasteiger partial charge < -0.3 is 15.1 Å². The molecule has 1 N–H and O–H groups in total. The molecule has 0 unspecified atom stereocenters. The summed E-state index contributed by atoms with van der Waals surface area (Å²) in [5.41, 5.74) is -0.863. The zero-order valence-electron chi connectivity index (χ0n) is 12.6. The van der Waals surface area contributed by atoms with Gasteiger partial charge in [-0.2, -0.15) is 13.2 Å². The maximum Gasteiger partial charge on any atom is 0.419 e. The lowest BCUT2D eigenvalue weighted by Gasteiger charge is -2.32. The van der Waals surface area contributed by atoms with Crippen molar-refractivity contribution >= 4 is 12.4 Å². The Labute approximate surface area is 127 Å². The van der Waals surface area contributed by atoms with Gasteiger partial charge in [-0.15, -0.1) is 0 Å². The number of carbonyl (C=O) groups is 1. The van der Waals surface area contributed by atoms with E-state index in [0.717, 1.165) is 25.3 Å². The van der Waals surface area contributed by atoms with Crippen molar-refractivity contribution in [2.24, 2.45) is 0 Å². The molecular formula is C13H20F3N5O. The molecular weight excluding hydrogens is 299 g/mol. The smallest absolute Gasteiger partial charge is 0.342 e. The van der Waals surface area contributed by atoms with E-state index in [0.29, 0.717) is 26.2 Å². The van der Waals surface area contributed by atoms with Crippen LogP contribution in [0.5, 0.6) is 0 Å². The van der Waals surface area contributed by atoms with Crippen LogP contribution in [0.2, 0.25) is 0 Å². The number of aromatic nitrogens is 2. The van der Waals surface area contributed by atoms with Crippen LogP contribution in [0.1, 0.15) is 12.5 Å². The van der Waals surface area contributed by atoms with E-state index >= 15 is 0 Å². The number of anilines is 1. The molecule has 0 atom stereocenters. The summed E-state index contributed by atoms with van der Waals surface area (Å²) in [6, 6.07) is 0. The van der Waals surface area contributed by atoms with Crippen molar-refractivity contribution in [3.63, 3.8) is 0 Å². The molecule has 0 spiro atoms. The van der Waals surface area contributed by atoms with E-state index in [1.807, 2.05) is 7.05 Å². The van der Waals surface area contributed by atoms with Gasteiger partial charge in [0.05, 0.1) is 5.56 Å². The lowest BCUT2D eigenvalue weighted by Crippen LogP contribution is -2.46. The Morgan fingerprint density at radius 2 is 1.73 bits per heavy atom. The SMILES string of the molecule is CCNC.O=CN1CCN(c2ncc(C(F)(F)F)cn2)CC1. The van der Waals surface area contributed by atoms with Gasteiger partial charge in [-0.25, -0.2) is 9.97 Å². The molecule has 0 aliphatic carbocycles. The van der Waals surface area contributed by atoms with Gasteiger partial charge in [-0.1, -0.05) is 6.92 Å². The quantitative estimate of drug-likeness (QED) is 0.842. The van der Waals surface area contributed by atoms with Crippen molar-refractivity contribution < 1.29 is 18.0 Å². The van der Waals surface area contributed by atoms with Gasteiger partial charge in [0.25, 0.3) is 0 Å². The van der Waals surface area contributed by atoms with Crippen LogP contribution in [0, 0.1) is 0 Å². The first kappa shape index (κ1) is 18.1. The first-order valence-corrected chi connectivity index (χ1v) is 6.90. The maximum absolute atomic E-state index is 12.3. The standard InChI is InChI=1S/C10H11F3N4O.C3H9N/c11-10(12,13)8-5-14-9(15-6-8)17-3-1-16(7-18)2-4-17;1-3-4-2/h5-7H,1-4H2;4H,3H2,1-2H3. The van der Waals surface area contributed by atoms with E-state index in [4.69, 9.17) is 0 Å². The molecule has 1 aromatic rings. The normalized spacial score (nSPS) is 15.1. The van der Waals surface area contributed by atoms with Crippen molar-refractivity contribution in [3.8, 4) is 0 Å². The summed E-state index contributed by atoms with van der Waals surface area (Å²) < 4.78 is 37.0. The summed E-state index contributed by atoms with van der Waals surface area (Å²) in [5.74, 6) is 0.258. The van der Waals surface area contributed by atoms with Crippen LogP contribution in [0.3, 0.4) is 0 Å². The van der Waals surface area contributed by atoms with Crippen molar-refractivity contribution in [2.75, 3.05) is 44.7 Å². The summed E-state index contributed by atoms with van der Waals surface area (Å²) in [5, 5.41) is 2.93. The highest BCUT2D eigenvalue weighted by atomic mass is 19.4. The van der Waals surface area contributed by atoms with Gasteiger partial charge in [0.15, 0.2) is 0 Å². The van der Waals surface area contributed by atoms with Gasteiger partial charge >= 0.3 is 6.18 Å². The monoisotopic (exact) mass is 319 g/mol. The molecule has 124 valence electrons. The Balaban J connectivity index is 0.000000541. The first-order valence-electron chi connectivity index (χ1n) is 6.90. The minimum Gasteiger partial charge on any atom is -0.342 e. The molecule has 0 saturated carbocycles. The molecule has 2 rings (SSSR count). The second kappa shape index (κ2) is 8.52. The van der Waals surface area contributed by atoms with E-state index in [1.165, 1.54) is 0 Å². The van der Waals surface area contributed by atoms with Crippen LogP contribution >= 0.6 is 0 Å². The number of carbonyl (C=O) groups excluding carboxylic acids is 1. The zero-order valence-corrected chi connectivity index (χ0v) is 12.6. The fourth-order valence-corrected chi connectivity index (χ4v) is 1.66. The number of piperazine rings is 1. The predicted octanol–water partition coefficient (Wildman–Crippen LogP) is 1.000.